The molecule has 0 aliphatic rings. The average Bonchev–Trinajstić information content (AvgIpc) is 2.50. The van der Waals surface area contributed by atoms with Gasteiger partial charge in [0.15, 0.2) is 0 Å². The van der Waals surface area contributed by atoms with E-state index >= 15 is 0 Å². The number of carbonyl (C=O) groups is 3. The molecule has 6 nitrogen and oxygen atoms in total. The van der Waals surface area contributed by atoms with Gasteiger partial charge in [-0.2, -0.15) is 0 Å². The minimum Gasteiger partial charge on any atom is -0.368 e. The molecule has 1 aromatic rings. The van der Waals surface area contributed by atoms with Crippen LogP contribution in [0.5, 0.6) is 0 Å². The second kappa shape index (κ2) is 9.61. The molecular formula is C17H25N3O3. The Morgan fingerprint density at radius 2 is 1.74 bits per heavy atom. The van der Waals surface area contributed by atoms with Crippen molar-refractivity contribution in [3.05, 3.63) is 35.9 Å². The molecule has 6 heteroatoms. The molecule has 0 unspecified atom stereocenters. The van der Waals surface area contributed by atoms with Gasteiger partial charge >= 0.3 is 0 Å². The van der Waals surface area contributed by atoms with Crippen LogP contribution in [-0.2, 0) is 20.8 Å². The van der Waals surface area contributed by atoms with Crippen LogP contribution in [0.3, 0.4) is 0 Å². The first-order valence-corrected chi connectivity index (χ1v) is 7.84. The summed E-state index contributed by atoms with van der Waals surface area (Å²) >= 11 is 0. The zero-order valence-corrected chi connectivity index (χ0v) is 13.7. The predicted octanol–water partition coefficient (Wildman–Crippen LogP) is 0.894. The molecule has 126 valence electrons. The Hall–Kier alpha value is -2.37. The van der Waals surface area contributed by atoms with Crippen molar-refractivity contribution >= 4 is 17.7 Å². The maximum absolute atomic E-state index is 12.4. The third-order valence-corrected chi connectivity index (χ3v) is 3.48. The van der Waals surface area contributed by atoms with Gasteiger partial charge in [-0.1, -0.05) is 50.1 Å². The number of unbranched alkanes of at least 4 members (excludes halogenated alkanes) is 1. The van der Waals surface area contributed by atoms with Crippen molar-refractivity contribution < 1.29 is 14.4 Å². The number of carbonyl (C=O) groups excluding carboxylic acids is 3. The second-order valence-electron chi connectivity index (χ2n) is 5.55. The summed E-state index contributed by atoms with van der Waals surface area (Å²) in [5, 5.41) is 5.27. The number of hydrogen-bond acceptors (Lipinski definition) is 3. The SMILES string of the molecule is CCCC[C@@H](NC(=O)[C@H](Cc1ccccc1)NC(C)=O)C(N)=O. The number of nitrogens with two attached hydrogens (primary N) is 1. The molecule has 0 aromatic heterocycles. The Labute approximate surface area is 136 Å². The molecule has 0 aliphatic carbocycles. The topological polar surface area (TPSA) is 101 Å². The highest BCUT2D eigenvalue weighted by molar-refractivity contribution is 5.91. The zero-order chi connectivity index (χ0) is 17.2. The highest BCUT2D eigenvalue weighted by Gasteiger charge is 2.24. The Kier molecular flexibility index (Phi) is 7.80. The lowest BCUT2D eigenvalue weighted by atomic mass is 10.0. The van der Waals surface area contributed by atoms with Crippen LogP contribution in [0.15, 0.2) is 30.3 Å². The van der Waals surface area contributed by atoms with Crippen molar-refractivity contribution in [1.82, 2.24) is 10.6 Å². The van der Waals surface area contributed by atoms with E-state index in [2.05, 4.69) is 10.6 Å². The number of amides is 3. The van der Waals surface area contributed by atoms with Crippen molar-refractivity contribution in [2.75, 3.05) is 0 Å². The van der Waals surface area contributed by atoms with Gasteiger partial charge in [0.1, 0.15) is 12.1 Å². The molecule has 1 rings (SSSR count). The maximum Gasteiger partial charge on any atom is 0.243 e. The number of rotatable bonds is 9. The highest BCUT2D eigenvalue weighted by Crippen LogP contribution is 2.06. The van der Waals surface area contributed by atoms with Crippen LogP contribution in [0, 0.1) is 0 Å². The molecule has 1 aromatic carbocycles. The van der Waals surface area contributed by atoms with Gasteiger partial charge in [0.2, 0.25) is 17.7 Å². The lowest BCUT2D eigenvalue weighted by Crippen LogP contribution is -2.53. The van der Waals surface area contributed by atoms with E-state index in [1.54, 1.807) is 0 Å². The Morgan fingerprint density at radius 1 is 1.09 bits per heavy atom. The zero-order valence-electron chi connectivity index (χ0n) is 13.7. The van der Waals surface area contributed by atoms with Crippen molar-refractivity contribution in [1.29, 1.82) is 0 Å². The van der Waals surface area contributed by atoms with Gasteiger partial charge in [-0.05, 0) is 12.0 Å². The maximum atomic E-state index is 12.4. The summed E-state index contributed by atoms with van der Waals surface area (Å²) in [5.74, 6) is -1.26. The Morgan fingerprint density at radius 3 is 2.26 bits per heavy atom. The second-order valence-corrected chi connectivity index (χ2v) is 5.55. The monoisotopic (exact) mass is 319 g/mol. The van der Waals surface area contributed by atoms with Crippen LogP contribution < -0.4 is 16.4 Å². The highest BCUT2D eigenvalue weighted by atomic mass is 16.2. The van der Waals surface area contributed by atoms with Crippen LogP contribution in [-0.4, -0.2) is 29.8 Å². The molecule has 23 heavy (non-hydrogen) atoms. The summed E-state index contributed by atoms with van der Waals surface area (Å²) in [6.07, 6.45) is 2.54. The van der Waals surface area contributed by atoms with Gasteiger partial charge < -0.3 is 16.4 Å². The van der Waals surface area contributed by atoms with Crippen LogP contribution in [0.4, 0.5) is 0 Å². The fraction of sp³-hybridized carbons (Fsp3) is 0.471. The fourth-order valence-corrected chi connectivity index (χ4v) is 2.27. The van der Waals surface area contributed by atoms with Crippen LogP contribution >= 0.6 is 0 Å². The van der Waals surface area contributed by atoms with Gasteiger partial charge in [-0.15, -0.1) is 0 Å². The number of hydrogen-bond donors (Lipinski definition) is 3. The van der Waals surface area contributed by atoms with E-state index in [-0.39, 0.29) is 5.91 Å². The third kappa shape index (κ3) is 6.95. The van der Waals surface area contributed by atoms with Crippen LogP contribution in [0.2, 0.25) is 0 Å². The minimum absolute atomic E-state index is 0.301. The standard InChI is InChI=1S/C17H25N3O3/c1-3-4-10-14(16(18)22)20-17(23)15(19-12(2)21)11-13-8-6-5-7-9-13/h5-9,14-15H,3-4,10-11H2,1-2H3,(H2,18,22)(H,19,21)(H,20,23)/t14-,15+/m1/s1. The molecule has 0 bridgehead atoms. The van der Waals surface area contributed by atoms with Gasteiger partial charge in [0.05, 0.1) is 0 Å². The van der Waals surface area contributed by atoms with E-state index in [0.717, 1.165) is 18.4 Å². The Bertz CT molecular complexity index is 531. The fourth-order valence-electron chi connectivity index (χ4n) is 2.27. The Balaban J connectivity index is 2.77. The summed E-state index contributed by atoms with van der Waals surface area (Å²) in [6, 6.07) is 7.92. The summed E-state index contributed by atoms with van der Waals surface area (Å²) in [4.78, 5) is 35.2. The summed E-state index contributed by atoms with van der Waals surface area (Å²) in [6.45, 7) is 3.35. The molecule has 0 radical (unpaired) electrons. The van der Waals surface area contributed by atoms with Gasteiger partial charge in [0.25, 0.3) is 0 Å². The summed E-state index contributed by atoms with van der Waals surface area (Å²) < 4.78 is 0. The third-order valence-electron chi connectivity index (χ3n) is 3.48. The molecular weight excluding hydrogens is 294 g/mol. The number of benzene rings is 1. The number of nitrogens with one attached hydrogen (secondary N) is 2. The number of primary amides is 1. The average molecular weight is 319 g/mol. The van der Waals surface area contributed by atoms with E-state index in [1.165, 1.54) is 6.92 Å². The molecule has 0 heterocycles. The van der Waals surface area contributed by atoms with Crippen molar-refractivity contribution in [3.63, 3.8) is 0 Å². The van der Waals surface area contributed by atoms with Crippen molar-refractivity contribution in [3.8, 4) is 0 Å². The lowest BCUT2D eigenvalue weighted by molar-refractivity contribution is -0.130. The van der Waals surface area contributed by atoms with Gasteiger partial charge in [-0.25, -0.2) is 0 Å². The molecule has 0 spiro atoms. The normalized spacial score (nSPS) is 13.0. The van der Waals surface area contributed by atoms with E-state index in [1.807, 2.05) is 37.3 Å². The summed E-state index contributed by atoms with van der Waals surface area (Å²) in [5.41, 5.74) is 6.26. The quantitative estimate of drug-likeness (QED) is 0.630. The minimum atomic E-state index is -0.738. The van der Waals surface area contributed by atoms with Crippen LogP contribution in [0.1, 0.15) is 38.7 Å². The molecule has 0 saturated carbocycles. The van der Waals surface area contributed by atoms with Gasteiger partial charge in [0, 0.05) is 13.3 Å². The smallest absolute Gasteiger partial charge is 0.243 e. The van der Waals surface area contributed by atoms with Gasteiger partial charge in [-0.3, -0.25) is 14.4 Å². The largest absolute Gasteiger partial charge is 0.368 e. The van der Waals surface area contributed by atoms with E-state index in [0.29, 0.717) is 12.8 Å². The van der Waals surface area contributed by atoms with E-state index in [9.17, 15) is 14.4 Å². The first-order chi connectivity index (χ1) is 10.9. The van der Waals surface area contributed by atoms with Crippen LogP contribution in [0.25, 0.3) is 0 Å². The molecule has 2 atom stereocenters. The van der Waals surface area contributed by atoms with E-state index < -0.39 is 23.9 Å². The van der Waals surface area contributed by atoms with Crippen molar-refractivity contribution in [2.45, 2.75) is 51.6 Å². The predicted molar refractivity (Wildman–Crippen MR) is 88.4 cm³/mol. The molecule has 0 fully saturated rings. The van der Waals surface area contributed by atoms with E-state index in [4.69, 9.17) is 5.73 Å². The first-order valence-electron chi connectivity index (χ1n) is 7.84. The summed E-state index contributed by atoms with van der Waals surface area (Å²) in [7, 11) is 0. The molecule has 0 saturated heterocycles. The van der Waals surface area contributed by atoms with Crippen molar-refractivity contribution in [2.24, 2.45) is 5.73 Å². The molecule has 0 aliphatic heterocycles. The lowest BCUT2D eigenvalue weighted by Gasteiger charge is -2.21. The molecule has 3 amide bonds. The molecule has 4 N–H and O–H groups in total. The first kappa shape index (κ1) is 18.7.